The summed E-state index contributed by atoms with van der Waals surface area (Å²) >= 11 is 0. The van der Waals surface area contributed by atoms with Crippen LogP contribution in [0.5, 0.6) is 0 Å². The minimum Gasteiger partial charge on any atom is -0.314 e. The highest BCUT2D eigenvalue weighted by Gasteiger charge is 2.31. The van der Waals surface area contributed by atoms with Crippen LogP contribution in [0.15, 0.2) is 0 Å². The summed E-state index contributed by atoms with van der Waals surface area (Å²) in [5.41, 5.74) is 0. The van der Waals surface area contributed by atoms with Gasteiger partial charge in [-0.3, -0.25) is 0 Å². The molecule has 2 rings (SSSR count). The summed E-state index contributed by atoms with van der Waals surface area (Å²) in [5.74, 6) is 1.68. The van der Waals surface area contributed by atoms with Crippen molar-refractivity contribution in [3.8, 4) is 0 Å². The van der Waals surface area contributed by atoms with E-state index in [9.17, 15) is 13.2 Å². The largest absolute Gasteiger partial charge is 0.390 e. The lowest BCUT2D eigenvalue weighted by Crippen LogP contribution is -2.34. The zero-order chi connectivity index (χ0) is 14.0. The molecule has 19 heavy (non-hydrogen) atoms. The Kier molecular flexibility index (Phi) is 4.13. The van der Waals surface area contributed by atoms with Crippen molar-refractivity contribution in [1.29, 1.82) is 0 Å². The maximum atomic E-state index is 12.3. The molecule has 108 valence electrons. The lowest BCUT2D eigenvalue weighted by Gasteiger charge is -2.22. The molecule has 2 atom stereocenters. The van der Waals surface area contributed by atoms with Crippen LogP contribution < -0.4 is 5.32 Å². The van der Waals surface area contributed by atoms with Crippen LogP contribution in [0.3, 0.4) is 0 Å². The number of aromatic nitrogens is 3. The monoisotopic (exact) mass is 276 g/mol. The van der Waals surface area contributed by atoms with Crippen LogP contribution in [-0.4, -0.2) is 27.0 Å². The van der Waals surface area contributed by atoms with Crippen LogP contribution in [0.1, 0.15) is 50.8 Å². The van der Waals surface area contributed by atoms with Gasteiger partial charge in [0.25, 0.3) is 0 Å². The SMILES string of the molecule is C[C@H](CC(F)(F)F)N[C@H](C)c1nnc2n1CCCC2. The second kappa shape index (κ2) is 5.48. The quantitative estimate of drug-likeness (QED) is 0.919. The van der Waals surface area contributed by atoms with Gasteiger partial charge in [-0.1, -0.05) is 0 Å². The van der Waals surface area contributed by atoms with Gasteiger partial charge >= 0.3 is 6.18 Å². The van der Waals surface area contributed by atoms with E-state index in [4.69, 9.17) is 0 Å². The standard InChI is InChI=1S/C12H19F3N4/c1-8(7-12(13,14)15)16-9(2)11-18-17-10-5-3-4-6-19(10)11/h8-9,16H,3-7H2,1-2H3/t8-,9-/m1/s1. The molecule has 0 radical (unpaired) electrons. The maximum absolute atomic E-state index is 12.3. The molecule has 1 aliphatic rings. The number of fused-ring (bicyclic) bond motifs is 1. The first-order chi connectivity index (χ1) is 8.87. The number of nitrogens with zero attached hydrogens (tertiary/aromatic N) is 3. The van der Waals surface area contributed by atoms with Crippen LogP contribution in [0, 0.1) is 0 Å². The average Bonchev–Trinajstić information content (AvgIpc) is 2.69. The Bertz CT molecular complexity index is 427. The molecule has 0 spiro atoms. The molecule has 1 aromatic heterocycles. The number of hydrogen-bond acceptors (Lipinski definition) is 3. The van der Waals surface area contributed by atoms with E-state index in [1.54, 1.807) is 0 Å². The zero-order valence-electron chi connectivity index (χ0n) is 11.2. The molecule has 1 aliphatic heterocycles. The molecule has 0 aliphatic carbocycles. The van der Waals surface area contributed by atoms with Crippen molar-refractivity contribution in [3.63, 3.8) is 0 Å². The van der Waals surface area contributed by atoms with Crippen LogP contribution in [-0.2, 0) is 13.0 Å². The van der Waals surface area contributed by atoms with E-state index in [0.29, 0.717) is 0 Å². The van der Waals surface area contributed by atoms with E-state index in [2.05, 4.69) is 15.5 Å². The summed E-state index contributed by atoms with van der Waals surface area (Å²) in [6.45, 7) is 4.23. The third-order valence-corrected chi connectivity index (χ3v) is 3.35. The molecule has 0 saturated heterocycles. The van der Waals surface area contributed by atoms with E-state index in [1.165, 1.54) is 6.92 Å². The Morgan fingerprint density at radius 2 is 2.00 bits per heavy atom. The number of halogens is 3. The van der Waals surface area contributed by atoms with Gasteiger partial charge in [0.2, 0.25) is 0 Å². The predicted molar refractivity (Wildman–Crippen MR) is 64.6 cm³/mol. The van der Waals surface area contributed by atoms with E-state index in [1.807, 2.05) is 11.5 Å². The summed E-state index contributed by atoms with van der Waals surface area (Å²) in [7, 11) is 0. The fraction of sp³-hybridized carbons (Fsp3) is 0.833. The van der Waals surface area contributed by atoms with Crippen molar-refractivity contribution in [2.45, 2.75) is 64.3 Å². The summed E-state index contributed by atoms with van der Waals surface area (Å²) in [6.07, 6.45) is -1.90. The zero-order valence-corrected chi connectivity index (χ0v) is 11.2. The fourth-order valence-electron chi connectivity index (χ4n) is 2.56. The van der Waals surface area contributed by atoms with Crippen molar-refractivity contribution in [1.82, 2.24) is 20.1 Å². The van der Waals surface area contributed by atoms with Gasteiger partial charge in [-0.25, -0.2) is 0 Å². The van der Waals surface area contributed by atoms with E-state index in [-0.39, 0.29) is 6.04 Å². The fourth-order valence-corrected chi connectivity index (χ4v) is 2.56. The molecule has 1 aromatic rings. The summed E-state index contributed by atoms with van der Waals surface area (Å²) in [5, 5.41) is 11.2. The number of aryl methyl sites for hydroxylation is 1. The summed E-state index contributed by atoms with van der Waals surface area (Å²) in [4.78, 5) is 0. The number of rotatable bonds is 4. The Morgan fingerprint density at radius 1 is 1.26 bits per heavy atom. The van der Waals surface area contributed by atoms with Crippen LogP contribution >= 0.6 is 0 Å². The molecule has 0 fully saturated rings. The van der Waals surface area contributed by atoms with Crippen molar-refractivity contribution in [2.75, 3.05) is 0 Å². The third kappa shape index (κ3) is 3.68. The lowest BCUT2D eigenvalue weighted by molar-refractivity contribution is -0.139. The normalized spacial score (nSPS) is 19.0. The minimum atomic E-state index is -4.14. The molecule has 2 heterocycles. The first kappa shape index (κ1) is 14.3. The highest BCUT2D eigenvalue weighted by molar-refractivity contribution is 5.03. The van der Waals surface area contributed by atoms with Crippen molar-refractivity contribution in [2.24, 2.45) is 0 Å². The molecule has 0 saturated carbocycles. The van der Waals surface area contributed by atoms with Gasteiger partial charge in [0, 0.05) is 19.0 Å². The highest BCUT2D eigenvalue weighted by Crippen LogP contribution is 2.23. The Morgan fingerprint density at radius 3 is 2.68 bits per heavy atom. The second-order valence-electron chi connectivity index (χ2n) is 5.19. The molecular formula is C12H19F3N4. The van der Waals surface area contributed by atoms with Gasteiger partial charge in [-0.2, -0.15) is 13.2 Å². The van der Waals surface area contributed by atoms with Crippen LogP contribution in [0.4, 0.5) is 13.2 Å². The van der Waals surface area contributed by atoms with Crippen molar-refractivity contribution < 1.29 is 13.2 Å². The molecule has 7 heteroatoms. The average molecular weight is 276 g/mol. The van der Waals surface area contributed by atoms with Gasteiger partial charge < -0.3 is 9.88 Å². The molecule has 1 N–H and O–H groups in total. The highest BCUT2D eigenvalue weighted by atomic mass is 19.4. The van der Waals surface area contributed by atoms with Crippen molar-refractivity contribution >= 4 is 0 Å². The van der Waals surface area contributed by atoms with Gasteiger partial charge in [-0.15, -0.1) is 10.2 Å². The lowest BCUT2D eigenvalue weighted by atomic mass is 10.1. The smallest absolute Gasteiger partial charge is 0.314 e. The molecule has 0 amide bonds. The van der Waals surface area contributed by atoms with Crippen LogP contribution in [0.2, 0.25) is 0 Å². The molecular weight excluding hydrogens is 257 g/mol. The van der Waals surface area contributed by atoms with Gasteiger partial charge in [-0.05, 0) is 26.7 Å². The predicted octanol–water partition coefficient (Wildman–Crippen LogP) is 2.61. The van der Waals surface area contributed by atoms with E-state index < -0.39 is 18.6 Å². The van der Waals surface area contributed by atoms with Gasteiger partial charge in [0.1, 0.15) is 11.6 Å². The van der Waals surface area contributed by atoms with Gasteiger partial charge in [0.15, 0.2) is 0 Å². The Hall–Kier alpha value is -1.11. The summed E-state index contributed by atoms with van der Waals surface area (Å²) in [6, 6.07) is -0.858. The Balaban J connectivity index is 2.00. The molecule has 0 unspecified atom stereocenters. The maximum Gasteiger partial charge on any atom is 0.390 e. The second-order valence-corrected chi connectivity index (χ2v) is 5.19. The Labute approximate surface area is 110 Å². The third-order valence-electron chi connectivity index (χ3n) is 3.35. The number of hydrogen-bond donors (Lipinski definition) is 1. The number of alkyl halides is 3. The first-order valence-corrected chi connectivity index (χ1v) is 6.61. The summed E-state index contributed by atoms with van der Waals surface area (Å²) < 4.78 is 38.9. The van der Waals surface area contributed by atoms with E-state index in [0.717, 1.165) is 37.5 Å². The minimum absolute atomic E-state index is 0.225. The van der Waals surface area contributed by atoms with Crippen molar-refractivity contribution in [3.05, 3.63) is 11.6 Å². The molecule has 0 bridgehead atoms. The number of nitrogens with one attached hydrogen (secondary N) is 1. The molecule has 0 aromatic carbocycles. The first-order valence-electron chi connectivity index (χ1n) is 6.61. The van der Waals surface area contributed by atoms with Crippen LogP contribution in [0.25, 0.3) is 0 Å². The molecule has 4 nitrogen and oxygen atoms in total. The van der Waals surface area contributed by atoms with E-state index >= 15 is 0 Å². The van der Waals surface area contributed by atoms with Gasteiger partial charge in [0.05, 0.1) is 12.5 Å². The topological polar surface area (TPSA) is 42.7 Å².